The third-order valence-corrected chi connectivity index (χ3v) is 6.43. The normalized spacial score (nSPS) is 12.1. The molecule has 0 aliphatic heterocycles. The van der Waals surface area contributed by atoms with Crippen LogP contribution in [-0.2, 0) is 20.2 Å². The van der Waals surface area contributed by atoms with Crippen LogP contribution in [0.2, 0.25) is 0 Å². The van der Waals surface area contributed by atoms with Gasteiger partial charge in [0.2, 0.25) is 0 Å². The molecule has 0 bridgehead atoms. The molecule has 4 aromatic rings. The fourth-order valence-electron chi connectivity index (χ4n) is 3.22. The Morgan fingerprint density at radius 2 is 0.938 bits per heavy atom. The number of carbonyl (C=O) groups excluding carboxylic acids is 1. The summed E-state index contributed by atoms with van der Waals surface area (Å²) in [6, 6.07) is 17.4. The number of rotatable bonds is 4. The monoisotopic (exact) mass is 472 g/mol. The summed E-state index contributed by atoms with van der Waals surface area (Å²) < 4.78 is 63.8. The second-order valence-electron chi connectivity index (χ2n) is 6.98. The van der Waals surface area contributed by atoms with Crippen molar-refractivity contribution < 1.29 is 30.7 Å². The molecule has 0 atom stereocenters. The molecule has 0 heterocycles. The lowest BCUT2D eigenvalue weighted by molar-refractivity contribution is 0.262. The molecular formula is C21H16N2O7S2. The third kappa shape index (κ3) is 4.70. The van der Waals surface area contributed by atoms with Gasteiger partial charge in [-0.05, 0) is 70.1 Å². The van der Waals surface area contributed by atoms with Crippen molar-refractivity contribution >= 4 is 59.2 Å². The van der Waals surface area contributed by atoms with Gasteiger partial charge in [0.25, 0.3) is 20.2 Å². The van der Waals surface area contributed by atoms with Gasteiger partial charge in [-0.1, -0.05) is 24.3 Å². The molecule has 0 aliphatic rings. The molecule has 164 valence electrons. The summed E-state index contributed by atoms with van der Waals surface area (Å²) in [5, 5.41) is 7.69. The lowest BCUT2D eigenvalue weighted by Gasteiger charge is -2.10. The van der Waals surface area contributed by atoms with Crippen LogP contribution in [0, 0.1) is 0 Å². The quantitative estimate of drug-likeness (QED) is 0.326. The Balaban J connectivity index is 1.56. The van der Waals surface area contributed by atoms with Gasteiger partial charge in [0.1, 0.15) is 0 Å². The van der Waals surface area contributed by atoms with Crippen LogP contribution in [-0.4, -0.2) is 32.0 Å². The summed E-state index contributed by atoms with van der Waals surface area (Å²) in [4.78, 5) is 11.9. The summed E-state index contributed by atoms with van der Waals surface area (Å²) in [6.45, 7) is 0. The summed E-state index contributed by atoms with van der Waals surface area (Å²) in [5.74, 6) is 0. The lowest BCUT2D eigenvalue weighted by Crippen LogP contribution is -2.19. The smallest absolute Gasteiger partial charge is 0.308 e. The van der Waals surface area contributed by atoms with Gasteiger partial charge in [0.05, 0.1) is 9.79 Å². The highest BCUT2D eigenvalue weighted by atomic mass is 32.2. The molecule has 4 N–H and O–H groups in total. The highest BCUT2D eigenvalue weighted by Gasteiger charge is 2.12. The first-order valence-corrected chi connectivity index (χ1v) is 12.0. The second kappa shape index (κ2) is 7.88. The maximum Gasteiger partial charge on any atom is 0.323 e. The van der Waals surface area contributed by atoms with Crippen LogP contribution in [0.5, 0.6) is 0 Å². The number of amides is 2. The highest BCUT2D eigenvalue weighted by Crippen LogP contribution is 2.24. The van der Waals surface area contributed by atoms with Crippen molar-refractivity contribution in [3.05, 3.63) is 72.8 Å². The molecule has 4 rings (SSSR count). The molecule has 0 radical (unpaired) electrons. The zero-order valence-corrected chi connectivity index (χ0v) is 17.8. The first-order valence-electron chi connectivity index (χ1n) is 9.10. The Kier molecular flexibility index (Phi) is 5.34. The van der Waals surface area contributed by atoms with E-state index in [1.54, 1.807) is 36.4 Å². The van der Waals surface area contributed by atoms with Crippen molar-refractivity contribution in [2.75, 3.05) is 10.6 Å². The fraction of sp³-hybridized carbons (Fsp3) is 0. The van der Waals surface area contributed by atoms with Crippen molar-refractivity contribution in [1.82, 2.24) is 0 Å². The van der Waals surface area contributed by atoms with E-state index in [1.165, 1.54) is 36.4 Å². The maximum atomic E-state index is 12.4. The van der Waals surface area contributed by atoms with Crippen LogP contribution in [0.1, 0.15) is 0 Å². The number of anilines is 2. The average molecular weight is 473 g/mol. The van der Waals surface area contributed by atoms with Gasteiger partial charge >= 0.3 is 6.03 Å². The molecule has 0 fully saturated rings. The molecule has 4 aromatic carbocycles. The second-order valence-corrected chi connectivity index (χ2v) is 9.82. The van der Waals surface area contributed by atoms with E-state index in [1.807, 2.05) is 0 Å². The van der Waals surface area contributed by atoms with Crippen LogP contribution in [0.15, 0.2) is 82.6 Å². The van der Waals surface area contributed by atoms with Gasteiger partial charge < -0.3 is 10.6 Å². The van der Waals surface area contributed by atoms with Crippen molar-refractivity contribution in [3.63, 3.8) is 0 Å². The molecule has 0 aromatic heterocycles. The topological polar surface area (TPSA) is 150 Å². The standard InChI is InChI=1S/C21H16N2O7S2/c24-21(22-17-5-1-13-3-7-19(31(25,26)27)11-15(13)9-17)23-18-6-2-14-4-8-20(32(28,29)30)12-16(14)10-18/h1-12H,(H2,22,23,24)(H,25,26,27)(H,28,29,30). The number of carbonyl (C=O) groups is 1. The van der Waals surface area contributed by atoms with Gasteiger partial charge in [-0.15, -0.1) is 0 Å². The van der Waals surface area contributed by atoms with Gasteiger partial charge in [-0.25, -0.2) is 4.79 Å². The molecule has 0 unspecified atom stereocenters. The molecule has 0 saturated carbocycles. The molecule has 0 saturated heterocycles. The molecule has 0 aliphatic carbocycles. The van der Waals surface area contributed by atoms with Crippen LogP contribution < -0.4 is 10.6 Å². The van der Waals surface area contributed by atoms with E-state index in [9.17, 15) is 30.7 Å². The Hall–Kier alpha value is -3.51. The van der Waals surface area contributed by atoms with E-state index >= 15 is 0 Å². The van der Waals surface area contributed by atoms with Crippen LogP contribution in [0.4, 0.5) is 16.2 Å². The van der Waals surface area contributed by atoms with E-state index < -0.39 is 26.3 Å². The third-order valence-electron chi connectivity index (χ3n) is 4.73. The molecular weight excluding hydrogens is 456 g/mol. The summed E-state index contributed by atoms with van der Waals surface area (Å²) in [6.07, 6.45) is 0. The minimum Gasteiger partial charge on any atom is -0.308 e. The lowest BCUT2D eigenvalue weighted by atomic mass is 10.1. The predicted octanol–water partition coefficient (Wildman–Crippen LogP) is 4.13. The Bertz CT molecular complexity index is 1480. The van der Waals surface area contributed by atoms with Gasteiger partial charge in [-0.3, -0.25) is 9.11 Å². The van der Waals surface area contributed by atoms with Crippen molar-refractivity contribution in [2.24, 2.45) is 0 Å². The highest BCUT2D eigenvalue weighted by molar-refractivity contribution is 7.86. The van der Waals surface area contributed by atoms with Crippen LogP contribution in [0.3, 0.4) is 0 Å². The summed E-state index contributed by atoms with van der Waals surface area (Å²) in [7, 11) is -8.71. The van der Waals surface area contributed by atoms with Crippen molar-refractivity contribution in [2.45, 2.75) is 9.79 Å². The van der Waals surface area contributed by atoms with E-state index in [-0.39, 0.29) is 9.79 Å². The Morgan fingerprint density at radius 1 is 0.562 bits per heavy atom. The number of nitrogens with one attached hydrogen (secondary N) is 2. The molecule has 9 nitrogen and oxygen atoms in total. The van der Waals surface area contributed by atoms with Gasteiger partial charge in [0, 0.05) is 11.4 Å². The maximum absolute atomic E-state index is 12.4. The van der Waals surface area contributed by atoms with E-state index in [4.69, 9.17) is 0 Å². The number of hydrogen-bond acceptors (Lipinski definition) is 5. The number of benzene rings is 4. The van der Waals surface area contributed by atoms with E-state index in [2.05, 4.69) is 10.6 Å². The number of fused-ring (bicyclic) bond motifs is 2. The van der Waals surface area contributed by atoms with Crippen molar-refractivity contribution in [1.29, 1.82) is 0 Å². The number of hydrogen-bond donors (Lipinski definition) is 4. The summed E-state index contributed by atoms with van der Waals surface area (Å²) in [5.41, 5.74) is 0.772. The molecule has 11 heteroatoms. The van der Waals surface area contributed by atoms with Gasteiger partial charge in [0.15, 0.2) is 0 Å². The van der Waals surface area contributed by atoms with Crippen molar-refractivity contribution in [3.8, 4) is 0 Å². The minimum absolute atomic E-state index is 0.257. The first-order chi connectivity index (χ1) is 15.0. The molecule has 2 amide bonds. The predicted molar refractivity (Wildman–Crippen MR) is 120 cm³/mol. The van der Waals surface area contributed by atoms with E-state index in [0.29, 0.717) is 32.9 Å². The van der Waals surface area contributed by atoms with E-state index in [0.717, 1.165) is 0 Å². The zero-order valence-electron chi connectivity index (χ0n) is 16.2. The Morgan fingerprint density at radius 3 is 1.31 bits per heavy atom. The SMILES string of the molecule is O=C(Nc1ccc2ccc(S(=O)(=O)O)cc2c1)Nc1ccc2ccc(S(=O)(=O)O)cc2c1. The van der Waals surface area contributed by atoms with Crippen LogP contribution in [0.25, 0.3) is 21.5 Å². The summed E-state index contributed by atoms with van der Waals surface area (Å²) >= 11 is 0. The first kappa shape index (κ1) is 21.7. The number of urea groups is 1. The van der Waals surface area contributed by atoms with Crippen LogP contribution >= 0.6 is 0 Å². The minimum atomic E-state index is -4.35. The molecule has 0 spiro atoms. The molecule has 32 heavy (non-hydrogen) atoms. The Labute approximate surface area is 183 Å². The van der Waals surface area contributed by atoms with Gasteiger partial charge in [-0.2, -0.15) is 16.8 Å². The largest absolute Gasteiger partial charge is 0.323 e. The average Bonchev–Trinajstić information content (AvgIpc) is 2.71. The fourth-order valence-corrected chi connectivity index (χ4v) is 4.25. The zero-order chi connectivity index (χ0) is 23.1.